The average molecular weight is 240 g/mol. The van der Waals surface area contributed by atoms with Crippen molar-refractivity contribution >= 4 is 0 Å². The third kappa shape index (κ3) is 2.77. The zero-order valence-corrected chi connectivity index (χ0v) is 9.93. The summed E-state index contributed by atoms with van der Waals surface area (Å²) in [6.45, 7) is 2.06. The van der Waals surface area contributed by atoms with Crippen molar-refractivity contribution in [3.8, 4) is 11.8 Å². The lowest BCUT2D eigenvalue weighted by molar-refractivity contribution is 0.305. The van der Waals surface area contributed by atoms with Crippen LogP contribution in [0.3, 0.4) is 0 Å². The van der Waals surface area contributed by atoms with Gasteiger partial charge in [-0.3, -0.25) is 4.79 Å². The van der Waals surface area contributed by atoms with Crippen LogP contribution in [0.2, 0.25) is 0 Å². The number of nitrogens with zero attached hydrogens (tertiary/aromatic N) is 1. The standard InChI is InChI=1S/C14H12N2O2/c1-10-6-13(7-14(17)16-10)18-9-12-5-3-2-4-11(12)8-15/h2-7H,9H2,1H3,(H,16,17). The molecule has 4 nitrogen and oxygen atoms in total. The molecule has 0 aliphatic rings. The molecule has 90 valence electrons. The van der Waals surface area contributed by atoms with Gasteiger partial charge in [0.2, 0.25) is 0 Å². The lowest BCUT2D eigenvalue weighted by atomic mass is 10.1. The van der Waals surface area contributed by atoms with Crippen molar-refractivity contribution in [2.75, 3.05) is 0 Å². The number of H-pyrrole nitrogens is 1. The molecule has 0 saturated carbocycles. The Kier molecular flexibility index (Phi) is 3.44. The fraction of sp³-hybridized carbons (Fsp3) is 0.143. The maximum atomic E-state index is 11.3. The molecule has 0 aliphatic heterocycles. The first-order valence-electron chi connectivity index (χ1n) is 5.51. The second kappa shape index (κ2) is 5.19. The molecule has 2 aromatic rings. The van der Waals surface area contributed by atoms with Gasteiger partial charge in [0.05, 0.1) is 11.6 Å². The van der Waals surface area contributed by atoms with E-state index >= 15 is 0 Å². The Morgan fingerprint density at radius 2 is 2.11 bits per heavy atom. The second-order valence-corrected chi connectivity index (χ2v) is 3.92. The fourth-order valence-electron chi connectivity index (χ4n) is 1.65. The van der Waals surface area contributed by atoms with E-state index in [1.807, 2.05) is 12.1 Å². The van der Waals surface area contributed by atoms with Gasteiger partial charge in [-0.2, -0.15) is 5.26 Å². The number of nitrogens with one attached hydrogen (secondary N) is 1. The first-order valence-corrected chi connectivity index (χ1v) is 5.51. The predicted molar refractivity (Wildman–Crippen MR) is 67.3 cm³/mol. The molecular weight excluding hydrogens is 228 g/mol. The third-order valence-corrected chi connectivity index (χ3v) is 2.48. The number of aromatic amines is 1. The molecule has 1 heterocycles. The molecule has 0 spiro atoms. The van der Waals surface area contributed by atoms with Crippen LogP contribution in [0.5, 0.6) is 5.75 Å². The van der Waals surface area contributed by atoms with Crippen LogP contribution in [0.4, 0.5) is 0 Å². The molecule has 1 N–H and O–H groups in total. The third-order valence-electron chi connectivity index (χ3n) is 2.48. The van der Waals surface area contributed by atoms with Gasteiger partial charge in [-0.1, -0.05) is 18.2 Å². The number of aromatic nitrogens is 1. The van der Waals surface area contributed by atoms with Crippen LogP contribution in [-0.2, 0) is 6.61 Å². The minimum absolute atomic E-state index is 0.196. The van der Waals surface area contributed by atoms with E-state index in [0.29, 0.717) is 11.3 Å². The highest BCUT2D eigenvalue weighted by Crippen LogP contribution is 2.13. The number of rotatable bonds is 3. The largest absolute Gasteiger partial charge is 0.489 e. The predicted octanol–water partition coefficient (Wildman–Crippen LogP) is 2.13. The summed E-state index contributed by atoms with van der Waals surface area (Å²) in [5.74, 6) is 0.504. The van der Waals surface area contributed by atoms with E-state index in [0.717, 1.165) is 11.3 Å². The minimum atomic E-state index is -0.196. The lowest BCUT2D eigenvalue weighted by Gasteiger charge is -2.07. The van der Waals surface area contributed by atoms with Crippen LogP contribution in [0.25, 0.3) is 0 Å². The van der Waals surface area contributed by atoms with Gasteiger partial charge in [-0.05, 0) is 19.1 Å². The summed E-state index contributed by atoms with van der Waals surface area (Å²) < 4.78 is 5.53. The van der Waals surface area contributed by atoms with E-state index in [4.69, 9.17) is 10.00 Å². The van der Waals surface area contributed by atoms with Crippen molar-refractivity contribution in [1.82, 2.24) is 4.98 Å². The summed E-state index contributed by atoms with van der Waals surface area (Å²) >= 11 is 0. The lowest BCUT2D eigenvalue weighted by Crippen LogP contribution is -2.07. The van der Waals surface area contributed by atoms with E-state index < -0.39 is 0 Å². The normalized spacial score (nSPS) is 9.78. The number of benzene rings is 1. The molecule has 0 atom stereocenters. The van der Waals surface area contributed by atoms with Gasteiger partial charge in [-0.15, -0.1) is 0 Å². The van der Waals surface area contributed by atoms with Crippen molar-refractivity contribution in [3.63, 3.8) is 0 Å². The molecule has 0 saturated heterocycles. The fourth-order valence-corrected chi connectivity index (χ4v) is 1.65. The zero-order chi connectivity index (χ0) is 13.0. The molecule has 0 bridgehead atoms. The summed E-state index contributed by atoms with van der Waals surface area (Å²) in [5.41, 5.74) is 1.93. The second-order valence-electron chi connectivity index (χ2n) is 3.92. The Morgan fingerprint density at radius 1 is 1.33 bits per heavy atom. The van der Waals surface area contributed by atoms with Crippen LogP contribution >= 0.6 is 0 Å². The average Bonchev–Trinajstić information content (AvgIpc) is 2.35. The van der Waals surface area contributed by atoms with Gasteiger partial charge in [-0.25, -0.2) is 0 Å². The maximum absolute atomic E-state index is 11.3. The van der Waals surface area contributed by atoms with Crippen LogP contribution in [0.1, 0.15) is 16.8 Å². The molecule has 18 heavy (non-hydrogen) atoms. The molecule has 0 amide bonds. The maximum Gasteiger partial charge on any atom is 0.251 e. The Hall–Kier alpha value is -2.54. The van der Waals surface area contributed by atoms with Crippen molar-refractivity contribution in [2.24, 2.45) is 0 Å². The van der Waals surface area contributed by atoms with Crippen molar-refractivity contribution in [2.45, 2.75) is 13.5 Å². The van der Waals surface area contributed by atoms with Gasteiger partial charge < -0.3 is 9.72 Å². The van der Waals surface area contributed by atoms with E-state index in [-0.39, 0.29) is 12.2 Å². The van der Waals surface area contributed by atoms with E-state index in [1.54, 1.807) is 25.1 Å². The minimum Gasteiger partial charge on any atom is -0.489 e. The highest BCUT2D eigenvalue weighted by Gasteiger charge is 2.02. The van der Waals surface area contributed by atoms with Crippen molar-refractivity contribution in [1.29, 1.82) is 5.26 Å². The van der Waals surface area contributed by atoms with E-state index in [1.165, 1.54) is 6.07 Å². The molecule has 0 fully saturated rings. The first kappa shape index (κ1) is 11.9. The van der Waals surface area contributed by atoms with E-state index in [2.05, 4.69) is 11.1 Å². The highest BCUT2D eigenvalue weighted by molar-refractivity contribution is 5.37. The van der Waals surface area contributed by atoms with Crippen LogP contribution in [0, 0.1) is 18.3 Å². The molecular formula is C14H12N2O2. The Morgan fingerprint density at radius 3 is 2.83 bits per heavy atom. The van der Waals surface area contributed by atoms with Gasteiger partial charge in [0.25, 0.3) is 5.56 Å². The van der Waals surface area contributed by atoms with Crippen molar-refractivity contribution < 1.29 is 4.74 Å². The first-order chi connectivity index (χ1) is 8.69. The van der Waals surface area contributed by atoms with Crippen molar-refractivity contribution in [3.05, 3.63) is 63.6 Å². The molecule has 1 aromatic heterocycles. The highest BCUT2D eigenvalue weighted by atomic mass is 16.5. The van der Waals surface area contributed by atoms with Gasteiger partial charge in [0.15, 0.2) is 0 Å². The summed E-state index contributed by atoms with van der Waals surface area (Å²) in [6, 6.07) is 12.5. The Labute approximate surface area is 104 Å². The molecule has 1 aromatic carbocycles. The summed E-state index contributed by atoms with van der Waals surface area (Å²) in [6.07, 6.45) is 0. The zero-order valence-electron chi connectivity index (χ0n) is 9.93. The molecule has 2 rings (SSSR count). The van der Waals surface area contributed by atoms with Gasteiger partial charge >= 0.3 is 0 Å². The molecule has 0 aliphatic carbocycles. The Bertz CT molecular complexity index is 653. The smallest absolute Gasteiger partial charge is 0.251 e. The van der Waals surface area contributed by atoms with Gasteiger partial charge in [0, 0.05) is 17.3 Å². The number of pyridine rings is 1. The number of hydrogen-bond acceptors (Lipinski definition) is 3. The number of aryl methyl sites for hydroxylation is 1. The molecule has 0 radical (unpaired) electrons. The van der Waals surface area contributed by atoms with E-state index in [9.17, 15) is 4.79 Å². The van der Waals surface area contributed by atoms with Crippen LogP contribution in [-0.4, -0.2) is 4.98 Å². The monoisotopic (exact) mass is 240 g/mol. The van der Waals surface area contributed by atoms with Gasteiger partial charge in [0.1, 0.15) is 12.4 Å². The summed E-state index contributed by atoms with van der Waals surface area (Å²) in [4.78, 5) is 13.9. The summed E-state index contributed by atoms with van der Waals surface area (Å²) in [7, 11) is 0. The molecule has 0 unspecified atom stereocenters. The number of nitriles is 1. The SMILES string of the molecule is Cc1cc(OCc2ccccc2C#N)cc(=O)[nH]1. The molecule has 4 heteroatoms. The number of hydrogen-bond donors (Lipinski definition) is 1. The topological polar surface area (TPSA) is 65.9 Å². The Balaban J connectivity index is 2.17. The number of ether oxygens (including phenoxy) is 1. The quantitative estimate of drug-likeness (QED) is 0.893. The van der Waals surface area contributed by atoms with Crippen LogP contribution < -0.4 is 10.3 Å². The van der Waals surface area contributed by atoms with Crippen LogP contribution in [0.15, 0.2) is 41.2 Å². The summed E-state index contributed by atoms with van der Waals surface area (Å²) in [5, 5.41) is 8.94.